The summed E-state index contributed by atoms with van der Waals surface area (Å²) in [5.41, 5.74) is 1.24. The van der Waals surface area contributed by atoms with Crippen molar-refractivity contribution in [3.8, 4) is 11.5 Å². The molecule has 23 heavy (non-hydrogen) atoms. The molecule has 1 aromatic carbocycles. The lowest BCUT2D eigenvalue weighted by atomic mass is 10.1. The Balaban J connectivity index is 1.91. The number of likely N-dealkylation sites (N-methyl/N-ethyl adjacent to an activating group) is 1. The molecule has 0 unspecified atom stereocenters. The topological polar surface area (TPSA) is 28.2 Å². The number of methoxy groups -OCH3 is 2. The molecule has 0 aromatic heterocycles. The zero-order chi connectivity index (χ0) is 16.8. The molecule has 0 aliphatic carbocycles. The number of hydrogen-bond donors (Lipinski definition) is 0. The average molecular weight is 386 g/mol. The molecule has 5 nitrogen and oxygen atoms in total. The fourth-order valence-corrected chi connectivity index (χ4v) is 3.22. The molecule has 1 saturated heterocycles. The van der Waals surface area contributed by atoms with Crippen LogP contribution in [0.3, 0.4) is 0 Å². The van der Waals surface area contributed by atoms with Crippen molar-refractivity contribution >= 4 is 15.9 Å². The molecule has 0 spiro atoms. The summed E-state index contributed by atoms with van der Waals surface area (Å²) in [6.07, 6.45) is 0. The standard InChI is InChI=1S/C17H28BrN3O2/c1-19(2)5-6-20-7-9-21(10-8-20)13-14-11-16(22-3)17(23-4)12-15(14)18/h11-12H,5-10,13H2,1-4H3. The molecule has 1 aromatic rings. The highest BCUT2D eigenvalue weighted by Gasteiger charge is 2.18. The summed E-state index contributed by atoms with van der Waals surface area (Å²) in [6.45, 7) is 7.70. The smallest absolute Gasteiger partial charge is 0.161 e. The summed E-state index contributed by atoms with van der Waals surface area (Å²) >= 11 is 3.65. The van der Waals surface area contributed by atoms with E-state index < -0.39 is 0 Å². The van der Waals surface area contributed by atoms with E-state index in [-0.39, 0.29) is 0 Å². The second kappa shape index (κ2) is 8.87. The van der Waals surface area contributed by atoms with Crippen LogP contribution in [0, 0.1) is 0 Å². The highest BCUT2D eigenvalue weighted by molar-refractivity contribution is 9.10. The zero-order valence-electron chi connectivity index (χ0n) is 14.6. The van der Waals surface area contributed by atoms with Gasteiger partial charge in [-0.3, -0.25) is 9.80 Å². The highest BCUT2D eigenvalue weighted by Crippen LogP contribution is 2.33. The summed E-state index contributed by atoms with van der Waals surface area (Å²) in [5.74, 6) is 1.55. The second-order valence-electron chi connectivity index (χ2n) is 6.22. The number of ether oxygens (including phenoxy) is 2. The van der Waals surface area contributed by atoms with Crippen LogP contribution in [0.5, 0.6) is 11.5 Å². The van der Waals surface area contributed by atoms with E-state index in [1.165, 1.54) is 5.56 Å². The van der Waals surface area contributed by atoms with Gasteiger partial charge < -0.3 is 14.4 Å². The summed E-state index contributed by atoms with van der Waals surface area (Å²) in [7, 11) is 7.60. The lowest BCUT2D eigenvalue weighted by Crippen LogP contribution is -2.47. The quantitative estimate of drug-likeness (QED) is 0.716. The molecular weight excluding hydrogens is 358 g/mol. The molecule has 6 heteroatoms. The van der Waals surface area contributed by atoms with Gasteiger partial charge in [-0.2, -0.15) is 0 Å². The van der Waals surface area contributed by atoms with Crippen LogP contribution in [-0.4, -0.2) is 82.3 Å². The van der Waals surface area contributed by atoms with Crippen LogP contribution in [0.25, 0.3) is 0 Å². The van der Waals surface area contributed by atoms with Gasteiger partial charge in [0.25, 0.3) is 0 Å². The Morgan fingerprint density at radius 2 is 1.57 bits per heavy atom. The van der Waals surface area contributed by atoms with Crippen LogP contribution >= 0.6 is 15.9 Å². The zero-order valence-corrected chi connectivity index (χ0v) is 16.2. The van der Waals surface area contributed by atoms with Crippen molar-refractivity contribution in [1.29, 1.82) is 0 Å². The van der Waals surface area contributed by atoms with E-state index in [0.29, 0.717) is 0 Å². The molecule has 0 radical (unpaired) electrons. The van der Waals surface area contributed by atoms with Gasteiger partial charge in [-0.15, -0.1) is 0 Å². The number of halogens is 1. The van der Waals surface area contributed by atoms with E-state index in [0.717, 1.165) is 61.8 Å². The Labute approximate surface area is 148 Å². The average Bonchev–Trinajstić information content (AvgIpc) is 2.55. The molecule has 0 bridgehead atoms. The number of rotatable bonds is 7. The fourth-order valence-electron chi connectivity index (χ4n) is 2.77. The highest BCUT2D eigenvalue weighted by atomic mass is 79.9. The van der Waals surface area contributed by atoms with Gasteiger partial charge in [0.05, 0.1) is 14.2 Å². The van der Waals surface area contributed by atoms with Crippen molar-refractivity contribution < 1.29 is 9.47 Å². The monoisotopic (exact) mass is 385 g/mol. The first-order chi connectivity index (χ1) is 11.0. The predicted octanol–water partition coefficient (Wildman–Crippen LogP) is 2.15. The van der Waals surface area contributed by atoms with Gasteiger partial charge >= 0.3 is 0 Å². The van der Waals surface area contributed by atoms with Crippen LogP contribution in [0.4, 0.5) is 0 Å². The Kier molecular flexibility index (Phi) is 7.14. The Hall–Kier alpha value is -0.820. The molecule has 1 aliphatic rings. The maximum Gasteiger partial charge on any atom is 0.161 e. The molecule has 0 atom stereocenters. The van der Waals surface area contributed by atoms with Gasteiger partial charge in [0, 0.05) is 50.3 Å². The number of benzene rings is 1. The molecule has 0 amide bonds. The van der Waals surface area contributed by atoms with Gasteiger partial charge in [-0.1, -0.05) is 15.9 Å². The minimum atomic E-state index is 0.761. The largest absolute Gasteiger partial charge is 0.493 e. The summed E-state index contributed by atoms with van der Waals surface area (Å²) < 4.78 is 11.8. The molecule has 1 aliphatic heterocycles. The first-order valence-electron chi connectivity index (χ1n) is 8.03. The van der Waals surface area contributed by atoms with Gasteiger partial charge in [-0.25, -0.2) is 0 Å². The van der Waals surface area contributed by atoms with E-state index in [1.807, 2.05) is 6.07 Å². The first kappa shape index (κ1) is 18.5. The molecule has 1 heterocycles. The van der Waals surface area contributed by atoms with Crippen LogP contribution in [0.1, 0.15) is 5.56 Å². The Morgan fingerprint density at radius 3 is 2.13 bits per heavy atom. The third kappa shape index (κ3) is 5.35. The third-order valence-electron chi connectivity index (χ3n) is 4.27. The van der Waals surface area contributed by atoms with E-state index in [4.69, 9.17) is 9.47 Å². The van der Waals surface area contributed by atoms with Crippen LogP contribution in [-0.2, 0) is 6.54 Å². The van der Waals surface area contributed by atoms with Crippen molar-refractivity contribution in [1.82, 2.24) is 14.7 Å². The van der Waals surface area contributed by atoms with Crippen molar-refractivity contribution in [2.24, 2.45) is 0 Å². The lowest BCUT2D eigenvalue weighted by molar-refractivity contribution is 0.120. The molecule has 0 saturated carbocycles. The minimum Gasteiger partial charge on any atom is -0.493 e. The van der Waals surface area contributed by atoms with E-state index >= 15 is 0 Å². The van der Waals surface area contributed by atoms with E-state index in [2.05, 4.69) is 50.8 Å². The summed E-state index contributed by atoms with van der Waals surface area (Å²) in [6, 6.07) is 4.06. The Bertz CT molecular complexity index is 503. The predicted molar refractivity (Wildman–Crippen MR) is 97.5 cm³/mol. The SMILES string of the molecule is COc1cc(Br)c(CN2CCN(CCN(C)C)CC2)cc1OC. The maximum atomic E-state index is 5.42. The fraction of sp³-hybridized carbons (Fsp3) is 0.647. The van der Waals surface area contributed by atoms with E-state index in [1.54, 1.807) is 14.2 Å². The first-order valence-corrected chi connectivity index (χ1v) is 8.82. The number of hydrogen-bond acceptors (Lipinski definition) is 5. The van der Waals surface area contributed by atoms with Crippen LogP contribution < -0.4 is 9.47 Å². The number of piperazine rings is 1. The minimum absolute atomic E-state index is 0.761. The van der Waals surface area contributed by atoms with Crippen molar-refractivity contribution in [3.63, 3.8) is 0 Å². The molecule has 2 rings (SSSR count). The van der Waals surface area contributed by atoms with Crippen LogP contribution in [0.15, 0.2) is 16.6 Å². The second-order valence-corrected chi connectivity index (χ2v) is 7.07. The molecular formula is C17H28BrN3O2. The molecule has 130 valence electrons. The lowest BCUT2D eigenvalue weighted by Gasteiger charge is -2.35. The molecule has 0 N–H and O–H groups in total. The van der Waals surface area contributed by atoms with Gasteiger partial charge in [-0.05, 0) is 31.8 Å². The van der Waals surface area contributed by atoms with Gasteiger partial charge in [0.1, 0.15) is 0 Å². The summed E-state index contributed by atoms with van der Waals surface area (Å²) in [5, 5.41) is 0. The van der Waals surface area contributed by atoms with Crippen LogP contribution in [0.2, 0.25) is 0 Å². The van der Waals surface area contributed by atoms with Crippen molar-refractivity contribution in [3.05, 3.63) is 22.2 Å². The van der Waals surface area contributed by atoms with Gasteiger partial charge in [0.2, 0.25) is 0 Å². The van der Waals surface area contributed by atoms with Gasteiger partial charge in [0.15, 0.2) is 11.5 Å². The number of nitrogens with zero attached hydrogens (tertiary/aromatic N) is 3. The summed E-state index contributed by atoms with van der Waals surface area (Å²) in [4.78, 5) is 7.28. The van der Waals surface area contributed by atoms with Crippen molar-refractivity contribution in [2.45, 2.75) is 6.54 Å². The maximum absolute atomic E-state index is 5.42. The Morgan fingerprint density at radius 1 is 1.00 bits per heavy atom. The van der Waals surface area contributed by atoms with Crippen molar-refractivity contribution in [2.75, 3.05) is 67.6 Å². The molecule has 1 fully saturated rings. The normalized spacial score (nSPS) is 16.8. The van der Waals surface area contributed by atoms with E-state index in [9.17, 15) is 0 Å². The third-order valence-corrected chi connectivity index (χ3v) is 5.01.